The summed E-state index contributed by atoms with van der Waals surface area (Å²) in [7, 11) is 0. The second-order valence-electron chi connectivity index (χ2n) is 4.46. The van der Waals surface area contributed by atoms with Crippen LogP contribution in [0.1, 0.15) is 40.0 Å². The van der Waals surface area contributed by atoms with Gasteiger partial charge in [0.25, 0.3) is 0 Å². The zero-order valence-electron chi connectivity index (χ0n) is 11.0. The minimum absolute atomic E-state index is 0.330. The van der Waals surface area contributed by atoms with Crippen LogP contribution in [0.25, 0.3) is 0 Å². The van der Waals surface area contributed by atoms with Crippen molar-refractivity contribution in [3.8, 4) is 0 Å². The average molecular weight is 229 g/mol. The molecule has 0 aromatic carbocycles. The molecule has 96 valence electrons. The summed E-state index contributed by atoms with van der Waals surface area (Å²) in [5, 5.41) is 3.58. The normalized spacial score (nSPS) is 25.3. The van der Waals surface area contributed by atoms with Crippen molar-refractivity contribution >= 4 is 0 Å². The van der Waals surface area contributed by atoms with Crippen molar-refractivity contribution in [2.24, 2.45) is 5.92 Å². The zero-order chi connectivity index (χ0) is 11.8. The van der Waals surface area contributed by atoms with Crippen LogP contribution in [0.3, 0.4) is 0 Å². The Kier molecular flexibility index (Phi) is 7.01. The van der Waals surface area contributed by atoms with Gasteiger partial charge in [0.15, 0.2) is 0 Å². The van der Waals surface area contributed by atoms with Gasteiger partial charge in [-0.1, -0.05) is 13.8 Å². The Morgan fingerprint density at radius 1 is 1.38 bits per heavy atom. The monoisotopic (exact) mass is 229 g/mol. The molecule has 0 aromatic heterocycles. The van der Waals surface area contributed by atoms with E-state index in [4.69, 9.17) is 9.47 Å². The number of hydrogen-bond acceptors (Lipinski definition) is 3. The van der Waals surface area contributed by atoms with Crippen LogP contribution in [0.4, 0.5) is 0 Å². The number of nitrogens with one attached hydrogen (secondary N) is 1. The Hall–Kier alpha value is -0.120. The van der Waals surface area contributed by atoms with Gasteiger partial charge in [-0.3, -0.25) is 0 Å². The SMILES string of the molecule is CCNC(C1CCCOC1)C(CC)OCC. The first-order chi connectivity index (χ1) is 7.83. The minimum Gasteiger partial charge on any atom is -0.381 e. The molecular weight excluding hydrogens is 202 g/mol. The van der Waals surface area contributed by atoms with Crippen molar-refractivity contribution < 1.29 is 9.47 Å². The van der Waals surface area contributed by atoms with E-state index < -0.39 is 0 Å². The molecule has 0 radical (unpaired) electrons. The molecule has 0 amide bonds. The van der Waals surface area contributed by atoms with Crippen LogP contribution in [-0.2, 0) is 9.47 Å². The van der Waals surface area contributed by atoms with E-state index in [0.29, 0.717) is 18.1 Å². The van der Waals surface area contributed by atoms with Gasteiger partial charge in [-0.15, -0.1) is 0 Å². The molecule has 3 unspecified atom stereocenters. The topological polar surface area (TPSA) is 30.5 Å². The molecular formula is C13H27NO2. The molecule has 1 heterocycles. The first-order valence-electron chi connectivity index (χ1n) is 6.76. The van der Waals surface area contributed by atoms with Gasteiger partial charge in [0, 0.05) is 25.2 Å². The molecule has 1 aliphatic heterocycles. The molecule has 0 bridgehead atoms. The Balaban J connectivity index is 2.54. The third kappa shape index (κ3) is 4.04. The van der Waals surface area contributed by atoms with Crippen molar-refractivity contribution in [3.05, 3.63) is 0 Å². The Morgan fingerprint density at radius 2 is 2.19 bits per heavy atom. The summed E-state index contributed by atoms with van der Waals surface area (Å²) in [5.74, 6) is 0.616. The Labute approximate surface area is 99.9 Å². The van der Waals surface area contributed by atoms with Crippen molar-refractivity contribution in [3.63, 3.8) is 0 Å². The molecule has 1 fully saturated rings. The maximum Gasteiger partial charge on any atom is 0.0728 e. The summed E-state index contributed by atoms with van der Waals surface area (Å²) < 4.78 is 11.4. The molecule has 16 heavy (non-hydrogen) atoms. The molecule has 1 N–H and O–H groups in total. The van der Waals surface area contributed by atoms with E-state index in [-0.39, 0.29) is 0 Å². The third-order valence-electron chi connectivity index (χ3n) is 3.33. The molecule has 3 heteroatoms. The average Bonchev–Trinajstić information content (AvgIpc) is 2.35. The van der Waals surface area contributed by atoms with Crippen LogP contribution in [0.5, 0.6) is 0 Å². The molecule has 1 rings (SSSR count). The molecule has 0 aromatic rings. The molecule has 1 aliphatic rings. The largest absolute Gasteiger partial charge is 0.381 e. The van der Waals surface area contributed by atoms with E-state index in [1.807, 2.05) is 0 Å². The van der Waals surface area contributed by atoms with Crippen molar-refractivity contribution in [2.45, 2.75) is 52.2 Å². The maximum atomic E-state index is 5.84. The van der Waals surface area contributed by atoms with Gasteiger partial charge < -0.3 is 14.8 Å². The first-order valence-corrected chi connectivity index (χ1v) is 6.76. The highest BCUT2D eigenvalue weighted by atomic mass is 16.5. The van der Waals surface area contributed by atoms with Gasteiger partial charge in [-0.25, -0.2) is 0 Å². The second-order valence-corrected chi connectivity index (χ2v) is 4.46. The van der Waals surface area contributed by atoms with Crippen molar-refractivity contribution in [2.75, 3.05) is 26.4 Å². The molecule has 3 atom stereocenters. The van der Waals surface area contributed by atoms with Crippen LogP contribution in [0, 0.1) is 5.92 Å². The predicted molar refractivity (Wildman–Crippen MR) is 66.7 cm³/mol. The smallest absolute Gasteiger partial charge is 0.0728 e. The number of hydrogen-bond donors (Lipinski definition) is 1. The summed E-state index contributed by atoms with van der Waals surface area (Å²) in [6.45, 7) is 10.1. The fourth-order valence-corrected chi connectivity index (χ4v) is 2.58. The number of rotatable bonds is 7. The van der Waals surface area contributed by atoms with Crippen molar-refractivity contribution in [1.82, 2.24) is 5.32 Å². The summed E-state index contributed by atoms with van der Waals surface area (Å²) in [5.41, 5.74) is 0. The summed E-state index contributed by atoms with van der Waals surface area (Å²) in [6.07, 6.45) is 3.86. The molecule has 0 aliphatic carbocycles. The Morgan fingerprint density at radius 3 is 2.69 bits per heavy atom. The molecule has 1 saturated heterocycles. The number of ether oxygens (including phenoxy) is 2. The highest BCUT2D eigenvalue weighted by molar-refractivity contribution is 4.84. The summed E-state index contributed by atoms with van der Waals surface area (Å²) >= 11 is 0. The van der Waals surface area contributed by atoms with Crippen molar-refractivity contribution in [1.29, 1.82) is 0 Å². The fraction of sp³-hybridized carbons (Fsp3) is 1.00. The zero-order valence-corrected chi connectivity index (χ0v) is 11.0. The fourth-order valence-electron chi connectivity index (χ4n) is 2.58. The minimum atomic E-state index is 0.330. The van der Waals surface area contributed by atoms with E-state index in [0.717, 1.165) is 32.8 Å². The van der Waals surface area contributed by atoms with Crippen LogP contribution >= 0.6 is 0 Å². The van der Waals surface area contributed by atoms with Gasteiger partial charge in [0.2, 0.25) is 0 Å². The number of likely N-dealkylation sites (N-methyl/N-ethyl adjacent to an activating group) is 1. The maximum absolute atomic E-state index is 5.84. The van der Waals surface area contributed by atoms with Gasteiger partial charge in [-0.2, -0.15) is 0 Å². The van der Waals surface area contributed by atoms with Gasteiger partial charge >= 0.3 is 0 Å². The van der Waals surface area contributed by atoms with Gasteiger partial charge in [-0.05, 0) is 32.7 Å². The highest BCUT2D eigenvalue weighted by Crippen LogP contribution is 2.22. The third-order valence-corrected chi connectivity index (χ3v) is 3.33. The summed E-state index contributed by atoms with van der Waals surface area (Å²) in [6, 6.07) is 0.454. The van der Waals surface area contributed by atoms with Gasteiger partial charge in [0.05, 0.1) is 12.7 Å². The van der Waals surface area contributed by atoms with Gasteiger partial charge in [0.1, 0.15) is 0 Å². The van der Waals surface area contributed by atoms with E-state index >= 15 is 0 Å². The molecule has 3 nitrogen and oxygen atoms in total. The lowest BCUT2D eigenvalue weighted by Gasteiger charge is -2.35. The lowest BCUT2D eigenvalue weighted by atomic mass is 9.89. The quantitative estimate of drug-likeness (QED) is 0.726. The lowest BCUT2D eigenvalue weighted by Crippen LogP contribution is -2.49. The van der Waals surface area contributed by atoms with E-state index in [2.05, 4.69) is 26.1 Å². The van der Waals surface area contributed by atoms with Crippen LogP contribution in [-0.4, -0.2) is 38.5 Å². The van der Waals surface area contributed by atoms with Crippen LogP contribution < -0.4 is 5.32 Å². The molecule has 0 saturated carbocycles. The Bertz CT molecular complexity index is 165. The van der Waals surface area contributed by atoms with Crippen LogP contribution in [0.15, 0.2) is 0 Å². The lowest BCUT2D eigenvalue weighted by molar-refractivity contribution is -0.0237. The highest BCUT2D eigenvalue weighted by Gasteiger charge is 2.29. The summed E-state index contributed by atoms with van der Waals surface area (Å²) in [4.78, 5) is 0. The first kappa shape index (κ1) is 13.9. The second kappa shape index (κ2) is 8.04. The molecule has 0 spiro atoms. The van der Waals surface area contributed by atoms with E-state index in [1.165, 1.54) is 12.8 Å². The predicted octanol–water partition coefficient (Wildman–Crippen LogP) is 2.21. The van der Waals surface area contributed by atoms with E-state index in [9.17, 15) is 0 Å². The standard InChI is InChI=1S/C13H27NO2/c1-4-12(16-6-3)13(14-5-2)11-8-7-9-15-10-11/h11-14H,4-10H2,1-3H3. The van der Waals surface area contributed by atoms with Crippen LogP contribution in [0.2, 0.25) is 0 Å². The van der Waals surface area contributed by atoms with E-state index in [1.54, 1.807) is 0 Å².